The maximum Gasteiger partial charge on any atom is 0.0992 e. The Labute approximate surface area is 287 Å². The smallest absolute Gasteiger partial charge is 0.0992 e. The summed E-state index contributed by atoms with van der Waals surface area (Å²) in [6, 6.07) is 57.8. The van der Waals surface area contributed by atoms with E-state index in [1.54, 1.807) is 0 Å². The highest BCUT2D eigenvalue weighted by molar-refractivity contribution is 6.11. The van der Waals surface area contributed by atoms with Gasteiger partial charge in [0.15, 0.2) is 0 Å². The summed E-state index contributed by atoms with van der Waals surface area (Å²) in [7, 11) is 0. The first-order valence-corrected chi connectivity index (χ1v) is 16.3. The molecule has 0 aliphatic heterocycles. The van der Waals surface area contributed by atoms with Crippen molar-refractivity contribution in [3.63, 3.8) is 0 Å². The molecule has 0 saturated heterocycles. The number of aromatic nitrogens is 2. The van der Waals surface area contributed by atoms with Gasteiger partial charge in [-0.15, -0.1) is 0 Å². The lowest BCUT2D eigenvalue weighted by Gasteiger charge is -2.16. The molecule has 0 amide bonds. The molecule has 230 valence electrons. The van der Waals surface area contributed by atoms with Crippen LogP contribution in [0, 0.1) is 34.0 Å². The van der Waals surface area contributed by atoms with Gasteiger partial charge in [-0.2, -0.15) is 15.8 Å². The van der Waals surface area contributed by atoms with E-state index in [0.717, 1.165) is 66.5 Å². The van der Waals surface area contributed by atoms with Crippen molar-refractivity contribution in [3.05, 3.63) is 168 Å². The Hall–Kier alpha value is -7.39. The summed E-state index contributed by atoms with van der Waals surface area (Å²) >= 11 is 0. The lowest BCUT2D eigenvalue weighted by molar-refractivity contribution is 1.18. The van der Waals surface area contributed by atoms with Crippen LogP contribution in [0.5, 0.6) is 0 Å². The highest BCUT2D eigenvalue weighted by Crippen LogP contribution is 2.39. The van der Waals surface area contributed by atoms with E-state index in [1.165, 1.54) is 10.8 Å². The Morgan fingerprint density at radius 3 is 1.60 bits per heavy atom. The van der Waals surface area contributed by atoms with Gasteiger partial charge in [0.05, 0.1) is 62.7 Å². The van der Waals surface area contributed by atoms with Crippen molar-refractivity contribution in [1.29, 1.82) is 15.8 Å². The Bertz CT molecular complexity index is 2920. The van der Waals surface area contributed by atoms with Crippen molar-refractivity contribution in [2.75, 3.05) is 0 Å². The molecule has 0 aliphatic rings. The number of nitrogens with zero attached hydrogens (tertiary/aromatic N) is 5. The average molecular weight is 636 g/mol. The number of hydrogen-bond acceptors (Lipinski definition) is 3. The van der Waals surface area contributed by atoms with E-state index in [2.05, 4.69) is 112 Å². The third-order valence-electron chi connectivity index (χ3n) is 9.56. The summed E-state index contributed by atoms with van der Waals surface area (Å²) in [6.45, 7) is 0. The quantitative estimate of drug-likeness (QED) is 0.193. The Balaban J connectivity index is 1.25. The molecule has 0 spiro atoms. The Morgan fingerprint density at radius 1 is 0.360 bits per heavy atom. The highest BCUT2D eigenvalue weighted by Gasteiger charge is 2.18. The number of benzene rings is 7. The molecule has 0 atom stereocenters. The van der Waals surface area contributed by atoms with Crippen LogP contribution in [0.3, 0.4) is 0 Å². The molecule has 0 unspecified atom stereocenters. The fourth-order valence-corrected chi connectivity index (χ4v) is 7.37. The second-order valence-corrected chi connectivity index (χ2v) is 12.4. The molecule has 0 saturated carbocycles. The lowest BCUT2D eigenvalue weighted by Crippen LogP contribution is -1.98. The topological polar surface area (TPSA) is 81.2 Å². The largest absolute Gasteiger partial charge is 0.309 e. The third kappa shape index (κ3) is 4.45. The summed E-state index contributed by atoms with van der Waals surface area (Å²) < 4.78 is 4.44. The van der Waals surface area contributed by atoms with Gasteiger partial charge < -0.3 is 9.13 Å². The number of rotatable bonds is 4. The maximum absolute atomic E-state index is 10.2. The standard InChI is InChI=1S/C45H25N5/c46-26-29-16-18-44(50-42-14-5-1-10-36(42)37-11-2-6-15-43(37)50)39(22-29)33-9-7-8-32(24-33)34-20-31(28-48)21-35(25-34)49-41-13-4-3-12-38(41)40-23-30(27-47)17-19-45(40)49/h1-25H. The van der Waals surface area contributed by atoms with Crippen LogP contribution in [0.1, 0.15) is 16.7 Å². The van der Waals surface area contributed by atoms with Crippen molar-refractivity contribution >= 4 is 43.6 Å². The molecule has 0 bridgehead atoms. The van der Waals surface area contributed by atoms with Gasteiger partial charge in [-0.25, -0.2) is 0 Å². The second kappa shape index (κ2) is 11.4. The molecule has 7 aromatic carbocycles. The van der Waals surface area contributed by atoms with Gasteiger partial charge in [0.2, 0.25) is 0 Å². The summed E-state index contributed by atoms with van der Waals surface area (Å²) in [4.78, 5) is 0. The molecule has 0 radical (unpaired) electrons. The third-order valence-corrected chi connectivity index (χ3v) is 9.56. The molecule has 5 heteroatoms. The van der Waals surface area contributed by atoms with Gasteiger partial charge in [-0.3, -0.25) is 0 Å². The maximum atomic E-state index is 10.2. The number of fused-ring (bicyclic) bond motifs is 6. The first-order chi connectivity index (χ1) is 24.6. The van der Waals surface area contributed by atoms with Gasteiger partial charge in [0.1, 0.15) is 0 Å². The van der Waals surface area contributed by atoms with Crippen molar-refractivity contribution in [3.8, 4) is 51.8 Å². The molecule has 9 rings (SSSR count). The van der Waals surface area contributed by atoms with E-state index in [9.17, 15) is 15.8 Å². The molecule has 50 heavy (non-hydrogen) atoms. The molecule has 2 heterocycles. The van der Waals surface area contributed by atoms with Gasteiger partial charge >= 0.3 is 0 Å². The van der Waals surface area contributed by atoms with Crippen molar-refractivity contribution in [2.24, 2.45) is 0 Å². The average Bonchev–Trinajstić information content (AvgIpc) is 3.70. The summed E-state index contributed by atoms with van der Waals surface area (Å²) in [5.74, 6) is 0. The van der Waals surface area contributed by atoms with Crippen molar-refractivity contribution in [2.45, 2.75) is 0 Å². The zero-order chi connectivity index (χ0) is 33.8. The number of nitriles is 3. The van der Waals surface area contributed by atoms with Crippen LogP contribution in [0.2, 0.25) is 0 Å². The molecule has 0 aliphatic carbocycles. The monoisotopic (exact) mass is 635 g/mol. The predicted molar refractivity (Wildman–Crippen MR) is 200 cm³/mol. The zero-order valence-electron chi connectivity index (χ0n) is 26.7. The van der Waals surface area contributed by atoms with Crippen LogP contribution >= 0.6 is 0 Å². The van der Waals surface area contributed by atoms with Crippen LogP contribution in [-0.2, 0) is 0 Å². The minimum Gasteiger partial charge on any atom is -0.309 e. The normalized spacial score (nSPS) is 11.1. The fourth-order valence-electron chi connectivity index (χ4n) is 7.37. The second-order valence-electron chi connectivity index (χ2n) is 12.4. The molecule has 9 aromatic rings. The summed E-state index contributed by atoms with van der Waals surface area (Å²) in [5.41, 5.74) is 11.4. The molecule has 0 N–H and O–H groups in total. The van der Waals surface area contributed by atoms with E-state index < -0.39 is 0 Å². The van der Waals surface area contributed by atoms with Crippen LogP contribution in [0.4, 0.5) is 0 Å². The van der Waals surface area contributed by atoms with E-state index in [1.807, 2.05) is 66.7 Å². The van der Waals surface area contributed by atoms with Crippen LogP contribution in [0.25, 0.3) is 77.2 Å². The number of hydrogen-bond donors (Lipinski definition) is 0. The highest BCUT2D eigenvalue weighted by atomic mass is 15.0. The van der Waals surface area contributed by atoms with Crippen LogP contribution in [0.15, 0.2) is 152 Å². The molecular formula is C45H25N5. The Morgan fingerprint density at radius 2 is 0.920 bits per heavy atom. The van der Waals surface area contributed by atoms with Crippen LogP contribution < -0.4 is 0 Å². The van der Waals surface area contributed by atoms with E-state index >= 15 is 0 Å². The minimum absolute atomic E-state index is 0.542. The van der Waals surface area contributed by atoms with E-state index in [-0.39, 0.29) is 0 Å². The summed E-state index contributed by atoms with van der Waals surface area (Å²) in [6.07, 6.45) is 0. The first kappa shape index (κ1) is 28.8. The van der Waals surface area contributed by atoms with Gasteiger partial charge in [0.25, 0.3) is 0 Å². The molecule has 2 aromatic heterocycles. The van der Waals surface area contributed by atoms with Gasteiger partial charge in [-0.1, -0.05) is 72.8 Å². The minimum atomic E-state index is 0.542. The predicted octanol–water partition coefficient (Wildman–Crippen LogP) is 10.8. The summed E-state index contributed by atoms with van der Waals surface area (Å²) in [5, 5.41) is 34.1. The molecule has 0 fully saturated rings. The first-order valence-electron chi connectivity index (χ1n) is 16.3. The number of para-hydroxylation sites is 3. The Kier molecular flexibility index (Phi) is 6.56. The lowest BCUT2D eigenvalue weighted by atomic mass is 9.95. The van der Waals surface area contributed by atoms with E-state index in [4.69, 9.17) is 0 Å². The van der Waals surface area contributed by atoms with Gasteiger partial charge in [-0.05, 0) is 95.6 Å². The van der Waals surface area contributed by atoms with Crippen LogP contribution in [-0.4, -0.2) is 9.13 Å². The van der Waals surface area contributed by atoms with E-state index in [0.29, 0.717) is 16.7 Å². The zero-order valence-corrected chi connectivity index (χ0v) is 26.7. The van der Waals surface area contributed by atoms with Gasteiger partial charge in [0, 0.05) is 32.8 Å². The molecule has 5 nitrogen and oxygen atoms in total. The van der Waals surface area contributed by atoms with Crippen molar-refractivity contribution in [1.82, 2.24) is 9.13 Å². The fraction of sp³-hybridized carbons (Fsp3) is 0. The SMILES string of the molecule is N#Cc1cc(-c2cccc(-c3cc(C#N)ccc3-n3c4ccccc4c4ccccc43)c2)cc(-n2c3ccccc3c3cc(C#N)ccc32)c1. The van der Waals surface area contributed by atoms with Crippen molar-refractivity contribution < 1.29 is 0 Å². The molecular weight excluding hydrogens is 611 g/mol.